The maximum absolute atomic E-state index is 13.3. The van der Waals surface area contributed by atoms with Gasteiger partial charge in [-0.3, -0.25) is 14.5 Å². The van der Waals surface area contributed by atoms with E-state index >= 15 is 0 Å². The molecule has 0 aromatic heterocycles. The summed E-state index contributed by atoms with van der Waals surface area (Å²) in [6.45, 7) is 3.14. The van der Waals surface area contributed by atoms with E-state index in [0.717, 1.165) is 0 Å². The molecule has 2 aromatic carbocycles. The highest BCUT2D eigenvalue weighted by molar-refractivity contribution is 6.24. The molecule has 6 heteroatoms. The number of anilines is 1. The Balaban J connectivity index is 2.14. The van der Waals surface area contributed by atoms with Crippen LogP contribution in [0.4, 0.5) is 5.69 Å². The minimum absolute atomic E-state index is 0.111. The van der Waals surface area contributed by atoms with E-state index in [4.69, 9.17) is 9.47 Å². The number of methoxy groups -OCH3 is 2. The summed E-state index contributed by atoms with van der Waals surface area (Å²) in [6, 6.07) is 13.9. The Morgan fingerprint density at radius 1 is 1.03 bits per heavy atom. The molecule has 0 atom stereocenters. The molecule has 0 bridgehead atoms. The van der Waals surface area contributed by atoms with Gasteiger partial charge in [-0.15, -0.1) is 0 Å². The third-order valence-electron chi connectivity index (χ3n) is 4.71. The van der Waals surface area contributed by atoms with Gasteiger partial charge in [-0.25, -0.2) is 4.79 Å². The first kappa shape index (κ1) is 20.1. The molecule has 0 spiro atoms. The number of carbonyl (C=O) groups excluding carboxylic acids is 3. The first-order valence-electron chi connectivity index (χ1n) is 8.98. The number of ether oxygens (including phenoxy) is 2. The molecule has 29 heavy (non-hydrogen) atoms. The number of allylic oxidation sites excluding steroid dienone is 1. The van der Waals surface area contributed by atoms with Crippen molar-refractivity contribution in [1.29, 1.82) is 0 Å². The van der Waals surface area contributed by atoms with Gasteiger partial charge in [0.25, 0.3) is 5.91 Å². The van der Waals surface area contributed by atoms with Crippen LogP contribution in [0, 0.1) is 0 Å². The normalized spacial score (nSPS) is 15.1. The van der Waals surface area contributed by atoms with Crippen LogP contribution in [0.3, 0.4) is 0 Å². The van der Waals surface area contributed by atoms with Gasteiger partial charge < -0.3 is 9.47 Å². The first-order valence-corrected chi connectivity index (χ1v) is 8.98. The minimum atomic E-state index is -0.602. The van der Waals surface area contributed by atoms with E-state index in [1.54, 1.807) is 62.6 Å². The molecule has 148 valence electrons. The van der Waals surface area contributed by atoms with Crippen LogP contribution in [0.2, 0.25) is 0 Å². The Labute approximate surface area is 169 Å². The lowest BCUT2D eigenvalue weighted by Crippen LogP contribution is -2.24. The predicted molar refractivity (Wildman–Crippen MR) is 110 cm³/mol. The number of hydrogen-bond acceptors (Lipinski definition) is 5. The first-order chi connectivity index (χ1) is 13.9. The van der Waals surface area contributed by atoms with Crippen molar-refractivity contribution in [1.82, 2.24) is 0 Å². The molecule has 1 amide bonds. The predicted octanol–water partition coefficient (Wildman–Crippen LogP) is 3.78. The topological polar surface area (TPSA) is 72.9 Å². The third kappa shape index (κ3) is 3.82. The van der Waals surface area contributed by atoms with Crippen LogP contribution < -0.4 is 9.64 Å². The number of benzene rings is 2. The van der Waals surface area contributed by atoms with Gasteiger partial charge in [-0.05, 0) is 49.8 Å². The zero-order valence-corrected chi connectivity index (χ0v) is 16.7. The Kier molecular flexibility index (Phi) is 5.64. The molecule has 0 radical (unpaired) electrons. The smallest absolute Gasteiger partial charge is 0.340 e. The summed E-state index contributed by atoms with van der Waals surface area (Å²) in [4.78, 5) is 38.9. The minimum Gasteiger partial charge on any atom is -0.497 e. The van der Waals surface area contributed by atoms with Crippen molar-refractivity contribution in [2.24, 2.45) is 0 Å². The summed E-state index contributed by atoms with van der Waals surface area (Å²) in [6.07, 6.45) is 1.63. The number of carbonyl (C=O) groups is 3. The van der Waals surface area contributed by atoms with Gasteiger partial charge in [-0.2, -0.15) is 0 Å². The molecule has 0 fully saturated rings. The Hall–Kier alpha value is -3.67. The molecule has 6 nitrogen and oxygen atoms in total. The fourth-order valence-corrected chi connectivity index (χ4v) is 3.25. The van der Waals surface area contributed by atoms with E-state index in [0.29, 0.717) is 28.3 Å². The van der Waals surface area contributed by atoms with E-state index in [1.165, 1.54) is 18.9 Å². The summed E-state index contributed by atoms with van der Waals surface area (Å²) in [5, 5.41) is 0. The maximum atomic E-state index is 13.3. The summed E-state index contributed by atoms with van der Waals surface area (Å²) < 4.78 is 10.1. The van der Waals surface area contributed by atoms with Crippen molar-refractivity contribution in [3.8, 4) is 5.75 Å². The highest BCUT2D eigenvalue weighted by Crippen LogP contribution is 2.36. The fraction of sp³-hybridized carbons (Fsp3) is 0.174. The lowest BCUT2D eigenvalue weighted by molar-refractivity contribution is -0.136. The Morgan fingerprint density at radius 2 is 1.76 bits per heavy atom. The van der Waals surface area contributed by atoms with Crippen LogP contribution in [0.5, 0.6) is 5.75 Å². The number of Topliss-reactive ketones (excluding diaryl/α,β-unsaturated/α-hetero) is 1. The van der Waals surface area contributed by atoms with Crippen molar-refractivity contribution < 1.29 is 23.9 Å². The second-order valence-electron chi connectivity index (χ2n) is 6.53. The van der Waals surface area contributed by atoms with Crippen molar-refractivity contribution >= 4 is 29.4 Å². The largest absolute Gasteiger partial charge is 0.497 e. The molecule has 1 aliphatic heterocycles. The summed E-state index contributed by atoms with van der Waals surface area (Å²) in [5.74, 6) is -0.446. The van der Waals surface area contributed by atoms with Gasteiger partial charge in [0.1, 0.15) is 5.75 Å². The third-order valence-corrected chi connectivity index (χ3v) is 4.71. The second-order valence-corrected chi connectivity index (χ2v) is 6.53. The Bertz CT molecular complexity index is 1060. The van der Waals surface area contributed by atoms with E-state index in [-0.39, 0.29) is 22.8 Å². The van der Waals surface area contributed by atoms with Crippen molar-refractivity contribution in [2.45, 2.75) is 13.8 Å². The molecule has 0 N–H and O–H groups in total. The maximum Gasteiger partial charge on any atom is 0.340 e. The van der Waals surface area contributed by atoms with Gasteiger partial charge in [0.15, 0.2) is 5.78 Å². The van der Waals surface area contributed by atoms with Crippen LogP contribution in [0.1, 0.15) is 29.8 Å². The highest BCUT2D eigenvalue weighted by Gasteiger charge is 2.38. The molecule has 1 aliphatic rings. The van der Waals surface area contributed by atoms with Crippen molar-refractivity contribution in [2.75, 3.05) is 19.1 Å². The zero-order chi connectivity index (χ0) is 21.1. The summed E-state index contributed by atoms with van der Waals surface area (Å²) in [7, 11) is 2.83. The van der Waals surface area contributed by atoms with E-state index in [2.05, 4.69) is 0 Å². The van der Waals surface area contributed by atoms with Gasteiger partial charge in [0.05, 0.1) is 25.4 Å². The molecule has 0 saturated carbocycles. The quantitative estimate of drug-likeness (QED) is 0.441. The molecule has 1 heterocycles. The summed E-state index contributed by atoms with van der Waals surface area (Å²) >= 11 is 0. The molecule has 2 aromatic rings. The lowest BCUT2D eigenvalue weighted by Gasteiger charge is -2.18. The number of amides is 1. The average Bonchev–Trinajstić information content (AvgIpc) is 2.97. The van der Waals surface area contributed by atoms with Gasteiger partial charge in [0, 0.05) is 16.9 Å². The van der Waals surface area contributed by atoms with Gasteiger partial charge in [0.2, 0.25) is 0 Å². The number of ketones is 1. The van der Waals surface area contributed by atoms with E-state index in [1.807, 2.05) is 6.07 Å². The van der Waals surface area contributed by atoms with Crippen molar-refractivity contribution in [3.63, 3.8) is 0 Å². The van der Waals surface area contributed by atoms with Crippen LogP contribution in [-0.4, -0.2) is 31.9 Å². The highest BCUT2D eigenvalue weighted by atomic mass is 16.5. The number of nitrogens with zero attached hydrogens (tertiary/aromatic N) is 1. The van der Waals surface area contributed by atoms with Crippen LogP contribution in [0.15, 0.2) is 65.4 Å². The Morgan fingerprint density at radius 3 is 2.41 bits per heavy atom. The van der Waals surface area contributed by atoms with E-state index in [9.17, 15) is 14.4 Å². The monoisotopic (exact) mass is 391 g/mol. The van der Waals surface area contributed by atoms with Crippen LogP contribution in [0.25, 0.3) is 6.08 Å². The number of esters is 1. The lowest BCUT2D eigenvalue weighted by atomic mass is 10.0. The van der Waals surface area contributed by atoms with Crippen LogP contribution in [-0.2, 0) is 14.3 Å². The molecule has 3 rings (SSSR count). The number of rotatable bonds is 5. The zero-order valence-electron chi connectivity index (χ0n) is 16.7. The molecule has 0 aliphatic carbocycles. The number of hydrogen-bond donors (Lipinski definition) is 0. The second kappa shape index (κ2) is 8.14. The average molecular weight is 391 g/mol. The van der Waals surface area contributed by atoms with E-state index < -0.39 is 5.97 Å². The molecular weight excluding hydrogens is 370 g/mol. The molecule has 0 saturated heterocycles. The van der Waals surface area contributed by atoms with Crippen molar-refractivity contribution in [3.05, 3.63) is 76.5 Å². The molecule has 0 unspecified atom stereocenters. The van der Waals surface area contributed by atoms with Gasteiger partial charge >= 0.3 is 5.97 Å². The summed E-state index contributed by atoms with van der Waals surface area (Å²) in [5.41, 5.74) is 2.55. The SMILES string of the molecule is COC(=O)C1=C(C)N(c2cccc(C(C)=O)c2)C(=O)/C1=C\c1cccc(OC)c1. The van der Waals surface area contributed by atoms with Crippen LogP contribution >= 0.6 is 0 Å². The van der Waals surface area contributed by atoms with Gasteiger partial charge in [-0.1, -0.05) is 24.3 Å². The fourth-order valence-electron chi connectivity index (χ4n) is 3.25. The molecular formula is C23H21NO5. The standard InChI is InChI=1S/C23H21NO5/c1-14-21(23(27)29-4)20(12-16-7-5-10-19(11-16)28-3)22(26)24(14)18-9-6-8-17(13-18)15(2)25/h5-13H,1-4H3/b20-12-.